The third-order valence-corrected chi connectivity index (χ3v) is 13.1. The quantitative estimate of drug-likeness (QED) is 0.0496. The molecule has 0 saturated carbocycles. The van der Waals surface area contributed by atoms with Crippen LogP contribution in [-0.4, -0.2) is 13.2 Å². The van der Waals surface area contributed by atoms with Crippen LogP contribution in [0.15, 0.2) is 48.5 Å². The summed E-state index contributed by atoms with van der Waals surface area (Å²) in [4.78, 5) is 0. The van der Waals surface area contributed by atoms with E-state index in [-0.39, 0.29) is 21.2 Å². The van der Waals surface area contributed by atoms with E-state index in [1.165, 1.54) is 213 Å². The van der Waals surface area contributed by atoms with Crippen LogP contribution < -0.4 is 30.7 Å². The van der Waals surface area contributed by atoms with Crippen LogP contribution in [-0.2, 0) is 0 Å². The van der Waals surface area contributed by atoms with Gasteiger partial charge in [-0.05, 0) is 61.4 Å². The number of halogens is 1. The second-order valence-electron chi connectivity index (χ2n) is 15.3. The number of rotatable bonds is 38. The zero-order chi connectivity index (χ0) is 36.1. The lowest BCUT2D eigenvalue weighted by molar-refractivity contribution is -0.597. The fourth-order valence-corrected chi connectivity index (χ4v) is 9.15. The number of benzene rings is 2. The second-order valence-corrected chi connectivity index (χ2v) is 18.3. The second kappa shape index (κ2) is 35.8. The maximum absolute atomic E-state index is 6.05. The van der Waals surface area contributed by atoms with E-state index in [9.17, 15) is 0 Å². The summed E-state index contributed by atoms with van der Waals surface area (Å²) in [7, 11) is 0. The molecule has 0 bridgehead atoms. The van der Waals surface area contributed by atoms with Gasteiger partial charge >= 0.3 is 21.2 Å². The fourth-order valence-electron chi connectivity index (χ4n) is 6.99. The van der Waals surface area contributed by atoms with Gasteiger partial charge in [0, 0.05) is 0 Å². The minimum absolute atomic E-state index is 0.181. The van der Waals surface area contributed by atoms with E-state index < -0.39 is 0 Å². The van der Waals surface area contributed by atoms with Crippen LogP contribution >= 0.6 is 0 Å². The summed E-state index contributed by atoms with van der Waals surface area (Å²) < 4.78 is 15.0. The smallest absolute Gasteiger partial charge is 0.357 e. The number of ether oxygens (including phenoxy) is 2. The molecule has 0 aromatic heterocycles. The summed E-state index contributed by atoms with van der Waals surface area (Å²) in [6.07, 6.45) is 44.9. The van der Waals surface area contributed by atoms with E-state index >= 15 is 0 Å². The molecule has 0 N–H and O–H groups in total. The van der Waals surface area contributed by atoms with Crippen molar-refractivity contribution in [3.8, 4) is 11.5 Å². The Morgan fingerprint density at radius 2 is 0.510 bits per heavy atom. The molecule has 0 atom stereocenters. The van der Waals surface area contributed by atoms with E-state index in [1.807, 2.05) is 0 Å². The Balaban J connectivity index is 1.36. The van der Waals surface area contributed by atoms with Crippen LogP contribution in [0, 0.1) is 7.14 Å². The van der Waals surface area contributed by atoms with Gasteiger partial charge in [-0.15, -0.1) is 0 Å². The summed E-state index contributed by atoms with van der Waals surface area (Å²) in [5.41, 5.74) is 0. The van der Waals surface area contributed by atoms with Crippen molar-refractivity contribution in [3.63, 3.8) is 0 Å². The van der Waals surface area contributed by atoms with Crippen molar-refractivity contribution < 1.29 is 30.7 Å². The topological polar surface area (TPSA) is 18.5 Å². The Kier molecular flexibility index (Phi) is 32.2. The molecule has 0 heterocycles. The van der Waals surface area contributed by atoms with Gasteiger partial charge < -0.3 is 9.47 Å². The Hall–Kier alpha value is -1.23. The van der Waals surface area contributed by atoms with Crippen molar-refractivity contribution in [2.45, 2.75) is 219 Å². The lowest BCUT2D eigenvalue weighted by Gasteiger charge is -2.06. The first-order valence-electron chi connectivity index (χ1n) is 22.4. The van der Waals surface area contributed by atoms with Crippen molar-refractivity contribution in [3.05, 3.63) is 55.7 Å². The third kappa shape index (κ3) is 28.9. The van der Waals surface area contributed by atoms with Gasteiger partial charge in [-0.3, -0.25) is 0 Å². The van der Waals surface area contributed by atoms with E-state index in [0.29, 0.717) is 0 Å². The highest BCUT2D eigenvalue weighted by atomic mass is 127. The molecule has 0 unspecified atom stereocenters. The largest absolute Gasteiger partial charge is 0.494 e. The molecule has 0 aliphatic rings. The third-order valence-electron chi connectivity index (χ3n) is 10.4. The molecule has 0 saturated heterocycles. The van der Waals surface area contributed by atoms with Gasteiger partial charge in [0.15, 0.2) is 7.14 Å². The van der Waals surface area contributed by atoms with Crippen LogP contribution in [0.3, 0.4) is 0 Å². The Morgan fingerprint density at radius 3 is 0.745 bits per heavy atom. The zero-order valence-electron chi connectivity index (χ0n) is 33.9. The van der Waals surface area contributed by atoms with Gasteiger partial charge in [-0.25, -0.2) is 0 Å². The van der Waals surface area contributed by atoms with Crippen LogP contribution in [0.5, 0.6) is 11.5 Å². The molecule has 0 spiro atoms. The number of hydrogen-bond acceptors (Lipinski definition) is 2. The molecule has 0 amide bonds. The average molecular weight is 818 g/mol. The molecule has 0 aliphatic heterocycles. The molecule has 2 nitrogen and oxygen atoms in total. The van der Waals surface area contributed by atoms with E-state index in [0.717, 1.165) is 24.7 Å². The molecule has 2 aromatic carbocycles. The molecule has 2 aromatic rings. The molecule has 51 heavy (non-hydrogen) atoms. The maximum atomic E-state index is 6.05. The summed E-state index contributed by atoms with van der Waals surface area (Å²) in [6, 6.07) is 17.7. The Labute approximate surface area is 328 Å². The first-order chi connectivity index (χ1) is 25.3. The van der Waals surface area contributed by atoms with Crippen LogP contribution in [0.1, 0.15) is 219 Å². The zero-order valence-corrected chi connectivity index (χ0v) is 36.0. The monoisotopic (exact) mass is 818 g/mol. The molecule has 2 rings (SSSR count). The fraction of sp³-hybridized carbons (Fsp3) is 0.750. The summed E-state index contributed by atoms with van der Waals surface area (Å²) >= 11 is -0.181. The molecule has 0 aliphatic carbocycles. The number of hydrogen-bond donors (Lipinski definition) is 0. The lowest BCUT2D eigenvalue weighted by Crippen LogP contribution is -3.61. The highest BCUT2D eigenvalue weighted by Gasteiger charge is 2.15. The van der Waals surface area contributed by atoms with E-state index in [4.69, 9.17) is 9.47 Å². The molecule has 292 valence electrons. The Morgan fingerprint density at radius 1 is 0.294 bits per heavy atom. The minimum Gasteiger partial charge on any atom is -0.494 e. The van der Waals surface area contributed by atoms with Crippen molar-refractivity contribution in [2.75, 3.05) is 13.2 Å². The lowest BCUT2D eigenvalue weighted by atomic mass is 10.0. The number of unbranched alkanes of at least 4 members (excludes halogenated alkanes) is 30. The average Bonchev–Trinajstić information content (AvgIpc) is 3.15. The highest BCUT2D eigenvalue weighted by molar-refractivity contribution is 5.22. The summed E-state index contributed by atoms with van der Waals surface area (Å²) in [6.45, 7) is 6.28. The first-order valence-corrected chi connectivity index (χ1v) is 24.6. The van der Waals surface area contributed by atoms with Crippen molar-refractivity contribution in [1.29, 1.82) is 0 Å². The standard InChI is InChI=1S/C48H82IO2/c1-3-5-7-9-11-13-15-17-19-21-23-25-27-29-31-33-43-50-47-39-35-45(36-40-47)49-46-37-41-48(42-38-46)51-44-34-32-30-28-26-24-22-20-18-16-14-12-10-8-6-4-2/h35-42H,3-34,43-44H2,1-2H3/q+1. The van der Waals surface area contributed by atoms with Gasteiger partial charge in [-0.2, -0.15) is 0 Å². The van der Waals surface area contributed by atoms with Crippen LogP contribution in [0.2, 0.25) is 0 Å². The van der Waals surface area contributed by atoms with Crippen LogP contribution in [0.4, 0.5) is 0 Å². The minimum atomic E-state index is -0.181. The Bertz CT molecular complexity index is 892. The van der Waals surface area contributed by atoms with Gasteiger partial charge in [0.2, 0.25) is 0 Å². The first kappa shape index (κ1) is 45.9. The molecule has 0 fully saturated rings. The maximum Gasteiger partial charge on any atom is 0.357 e. The summed E-state index contributed by atoms with van der Waals surface area (Å²) in [5.74, 6) is 2.03. The van der Waals surface area contributed by atoms with E-state index in [2.05, 4.69) is 62.4 Å². The normalized spacial score (nSPS) is 11.3. The summed E-state index contributed by atoms with van der Waals surface area (Å²) in [5, 5.41) is 0. The van der Waals surface area contributed by atoms with Gasteiger partial charge in [0.1, 0.15) is 11.5 Å². The van der Waals surface area contributed by atoms with Crippen molar-refractivity contribution in [2.24, 2.45) is 0 Å². The SMILES string of the molecule is CCCCCCCCCCCCCCCCCCOc1ccc([I+]c2ccc(OCCCCCCCCCCCCCCCCCC)cc2)cc1. The van der Waals surface area contributed by atoms with Crippen molar-refractivity contribution >= 4 is 0 Å². The molecular weight excluding hydrogens is 735 g/mol. The van der Waals surface area contributed by atoms with Crippen LogP contribution in [0.25, 0.3) is 0 Å². The van der Waals surface area contributed by atoms with Gasteiger partial charge in [0.25, 0.3) is 0 Å². The van der Waals surface area contributed by atoms with Gasteiger partial charge in [0.05, 0.1) is 13.2 Å². The predicted molar refractivity (Wildman–Crippen MR) is 220 cm³/mol. The predicted octanol–water partition coefficient (Wildman–Crippen LogP) is 13.1. The molecule has 3 heteroatoms. The van der Waals surface area contributed by atoms with E-state index in [1.54, 1.807) is 0 Å². The molecule has 0 radical (unpaired) electrons. The van der Waals surface area contributed by atoms with Gasteiger partial charge in [-0.1, -0.05) is 206 Å². The highest BCUT2D eigenvalue weighted by Crippen LogP contribution is 2.16. The molecular formula is C48H82IO2+. The van der Waals surface area contributed by atoms with Crippen molar-refractivity contribution in [1.82, 2.24) is 0 Å².